The molecule has 33 heavy (non-hydrogen) atoms. The molecule has 3 aromatic carbocycles. The highest BCUT2D eigenvalue weighted by Gasteiger charge is 2.20. The van der Waals surface area contributed by atoms with Gasteiger partial charge in [0.05, 0.1) is 12.8 Å². The Bertz CT molecular complexity index is 1070. The molecule has 0 aliphatic rings. The number of benzene rings is 3. The summed E-state index contributed by atoms with van der Waals surface area (Å²) in [5.41, 5.74) is 3.68. The second-order valence-electron chi connectivity index (χ2n) is 7.53. The maximum Gasteiger partial charge on any atom is 0.305 e. The molecule has 172 valence electrons. The Morgan fingerprint density at radius 2 is 1.82 bits per heavy atom. The average molecular weight is 448 g/mol. The molecule has 1 atom stereocenters. The number of esters is 1. The zero-order valence-electron chi connectivity index (χ0n) is 18.9. The lowest BCUT2D eigenvalue weighted by Gasteiger charge is -2.22. The van der Waals surface area contributed by atoms with Crippen LogP contribution in [0.4, 0.5) is 0 Å². The third-order valence-corrected chi connectivity index (χ3v) is 5.15. The van der Waals surface area contributed by atoms with Crippen molar-refractivity contribution in [1.82, 2.24) is 0 Å². The zero-order valence-corrected chi connectivity index (χ0v) is 18.9. The summed E-state index contributed by atoms with van der Waals surface area (Å²) in [5, 5.41) is 12.3. The van der Waals surface area contributed by atoms with Gasteiger partial charge in [0.25, 0.3) is 0 Å². The molecule has 1 unspecified atom stereocenters. The number of rotatable bonds is 11. The molecule has 0 bridgehead atoms. The van der Waals surface area contributed by atoms with Crippen LogP contribution >= 0.6 is 0 Å². The molecule has 6 heteroatoms. The summed E-state index contributed by atoms with van der Waals surface area (Å²) in [6, 6.07) is 23.1. The van der Waals surface area contributed by atoms with Crippen LogP contribution in [0.3, 0.4) is 0 Å². The summed E-state index contributed by atoms with van der Waals surface area (Å²) >= 11 is 0. The number of carbonyl (C=O) groups is 1. The summed E-state index contributed by atoms with van der Waals surface area (Å²) in [7, 11) is 0. The molecule has 0 radical (unpaired) electrons. The lowest BCUT2D eigenvalue weighted by Crippen LogP contribution is -2.14. The second kappa shape index (κ2) is 12.3. The van der Waals surface area contributed by atoms with Crippen LogP contribution in [-0.2, 0) is 16.1 Å². The fourth-order valence-corrected chi connectivity index (χ4v) is 3.48. The number of nitrogens with zero attached hydrogens (tertiary/aromatic N) is 1. The number of hydrogen-bond acceptors (Lipinski definition) is 6. The lowest BCUT2D eigenvalue weighted by molar-refractivity contribution is -0.143. The quantitative estimate of drug-likeness (QED) is 0.173. The van der Waals surface area contributed by atoms with Crippen molar-refractivity contribution in [1.29, 1.82) is 0 Å². The minimum atomic E-state index is -0.397. The summed E-state index contributed by atoms with van der Waals surface area (Å²) in [5.74, 6) is 0.852. The largest absolute Gasteiger partial charge is 0.489 e. The van der Waals surface area contributed by atoms with Gasteiger partial charge in [0.2, 0.25) is 0 Å². The molecule has 0 saturated carbocycles. The van der Waals surface area contributed by atoms with Crippen molar-refractivity contribution >= 4 is 12.2 Å². The highest BCUT2D eigenvalue weighted by atomic mass is 16.5. The molecule has 0 aromatic heterocycles. The van der Waals surface area contributed by atoms with Gasteiger partial charge in [-0.1, -0.05) is 59.8 Å². The summed E-state index contributed by atoms with van der Waals surface area (Å²) in [6.07, 6.45) is 1.58. The topological polar surface area (TPSA) is 77.4 Å². The SMILES string of the molecule is CCOC(=O)CCC(Oc1cc(OCc2ccccc2)ccc1C=NO)c1ccccc1C. The van der Waals surface area contributed by atoms with Crippen molar-refractivity contribution in [2.45, 2.75) is 39.4 Å². The minimum absolute atomic E-state index is 0.223. The molecule has 0 fully saturated rings. The molecule has 3 aromatic rings. The zero-order chi connectivity index (χ0) is 23.5. The van der Waals surface area contributed by atoms with Crippen LogP contribution < -0.4 is 9.47 Å². The highest BCUT2D eigenvalue weighted by molar-refractivity contribution is 5.83. The first-order valence-corrected chi connectivity index (χ1v) is 11.0. The van der Waals surface area contributed by atoms with Crippen LogP contribution in [0, 0.1) is 6.92 Å². The van der Waals surface area contributed by atoms with Crippen LogP contribution in [-0.4, -0.2) is 24.0 Å². The van der Waals surface area contributed by atoms with Crippen molar-refractivity contribution in [3.05, 3.63) is 95.1 Å². The molecular formula is C27H29NO5. The van der Waals surface area contributed by atoms with E-state index in [1.165, 1.54) is 6.21 Å². The van der Waals surface area contributed by atoms with Gasteiger partial charge in [-0.15, -0.1) is 0 Å². The fourth-order valence-electron chi connectivity index (χ4n) is 3.48. The number of oxime groups is 1. The van der Waals surface area contributed by atoms with Crippen LogP contribution in [0.1, 0.15) is 48.1 Å². The first-order chi connectivity index (χ1) is 16.1. The molecule has 0 aliphatic heterocycles. The molecule has 1 N–H and O–H groups in total. The van der Waals surface area contributed by atoms with Gasteiger partial charge in [0, 0.05) is 18.1 Å². The smallest absolute Gasteiger partial charge is 0.305 e. The Balaban J connectivity index is 1.85. The van der Waals surface area contributed by atoms with E-state index in [1.54, 1.807) is 25.1 Å². The maximum atomic E-state index is 12.0. The van der Waals surface area contributed by atoms with Gasteiger partial charge in [-0.3, -0.25) is 4.79 Å². The monoisotopic (exact) mass is 447 g/mol. The maximum absolute atomic E-state index is 12.0. The van der Waals surface area contributed by atoms with E-state index in [0.717, 1.165) is 16.7 Å². The van der Waals surface area contributed by atoms with Gasteiger partial charge in [-0.2, -0.15) is 0 Å². The minimum Gasteiger partial charge on any atom is -0.489 e. The van der Waals surface area contributed by atoms with E-state index in [-0.39, 0.29) is 12.4 Å². The van der Waals surface area contributed by atoms with Crippen molar-refractivity contribution < 1.29 is 24.2 Å². The first kappa shape index (κ1) is 23.9. The second-order valence-corrected chi connectivity index (χ2v) is 7.53. The van der Waals surface area contributed by atoms with Gasteiger partial charge >= 0.3 is 5.97 Å². The van der Waals surface area contributed by atoms with Gasteiger partial charge in [0.1, 0.15) is 24.2 Å². The van der Waals surface area contributed by atoms with Crippen molar-refractivity contribution in [2.24, 2.45) is 5.16 Å². The van der Waals surface area contributed by atoms with Crippen LogP contribution in [0.15, 0.2) is 78.0 Å². The molecular weight excluding hydrogens is 418 g/mol. The van der Waals surface area contributed by atoms with E-state index in [4.69, 9.17) is 19.4 Å². The normalized spacial score (nSPS) is 11.8. The summed E-state index contributed by atoms with van der Waals surface area (Å²) < 4.78 is 17.4. The Labute approximate surface area is 194 Å². The predicted octanol–water partition coefficient (Wildman–Crippen LogP) is 5.85. The van der Waals surface area contributed by atoms with E-state index < -0.39 is 6.10 Å². The Morgan fingerprint density at radius 3 is 2.55 bits per heavy atom. The van der Waals surface area contributed by atoms with Gasteiger partial charge in [-0.25, -0.2) is 0 Å². The molecule has 0 spiro atoms. The third kappa shape index (κ3) is 7.10. The average Bonchev–Trinajstić information content (AvgIpc) is 2.83. The highest BCUT2D eigenvalue weighted by Crippen LogP contribution is 2.32. The summed E-state index contributed by atoms with van der Waals surface area (Å²) in [4.78, 5) is 12.0. The van der Waals surface area contributed by atoms with Gasteiger partial charge in [-0.05, 0) is 49.1 Å². The number of carbonyl (C=O) groups excluding carboxylic acids is 1. The van der Waals surface area contributed by atoms with Crippen molar-refractivity contribution in [2.75, 3.05) is 6.61 Å². The molecule has 6 nitrogen and oxygen atoms in total. The molecule has 0 aliphatic carbocycles. The third-order valence-electron chi connectivity index (χ3n) is 5.15. The van der Waals surface area contributed by atoms with Crippen LogP contribution in [0.2, 0.25) is 0 Å². The van der Waals surface area contributed by atoms with Crippen LogP contribution in [0.25, 0.3) is 0 Å². The number of ether oxygens (including phenoxy) is 3. The number of aryl methyl sites for hydroxylation is 1. The van der Waals surface area contributed by atoms with Crippen molar-refractivity contribution in [3.63, 3.8) is 0 Å². The van der Waals surface area contributed by atoms with E-state index in [0.29, 0.717) is 36.7 Å². The molecule has 3 rings (SSSR count). The Kier molecular flexibility index (Phi) is 8.88. The lowest BCUT2D eigenvalue weighted by atomic mass is 9.99. The summed E-state index contributed by atoms with van der Waals surface area (Å²) in [6.45, 7) is 4.55. The standard InChI is InChI=1S/C27H29NO5/c1-3-31-27(29)16-15-25(24-12-8-7-9-20(24)2)33-26-17-23(14-13-22(26)18-28-30)32-19-21-10-5-4-6-11-21/h4-14,17-18,25,30H,3,15-16,19H2,1-2H3. The van der Waals surface area contributed by atoms with Crippen LogP contribution in [0.5, 0.6) is 11.5 Å². The van der Waals surface area contributed by atoms with E-state index in [9.17, 15) is 4.79 Å². The van der Waals surface area contributed by atoms with Gasteiger partial charge < -0.3 is 19.4 Å². The van der Waals surface area contributed by atoms with E-state index >= 15 is 0 Å². The Morgan fingerprint density at radius 1 is 1.06 bits per heavy atom. The molecule has 0 heterocycles. The predicted molar refractivity (Wildman–Crippen MR) is 127 cm³/mol. The number of hydrogen-bond donors (Lipinski definition) is 1. The molecule has 0 amide bonds. The first-order valence-electron chi connectivity index (χ1n) is 11.0. The van der Waals surface area contributed by atoms with E-state index in [1.807, 2.05) is 61.5 Å². The molecule has 0 saturated heterocycles. The van der Waals surface area contributed by atoms with E-state index in [2.05, 4.69) is 5.16 Å². The Hall–Kier alpha value is -3.80. The van der Waals surface area contributed by atoms with Crippen molar-refractivity contribution in [3.8, 4) is 11.5 Å². The fraction of sp³-hybridized carbons (Fsp3) is 0.259. The van der Waals surface area contributed by atoms with Gasteiger partial charge in [0.15, 0.2) is 0 Å².